The van der Waals surface area contributed by atoms with Crippen molar-refractivity contribution in [3.05, 3.63) is 83.6 Å². The third kappa shape index (κ3) is 4.01. The summed E-state index contributed by atoms with van der Waals surface area (Å²) in [4.78, 5) is 16.1. The quantitative estimate of drug-likeness (QED) is 0.739. The molecule has 2 aromatic carbocycles. The maximum absolute atomic E-state index is 13.6. The molecule has 0 aliphatic carbocycles. The fraction of sp³-hybridized carbons (Fsp3) is 0.0526. The number of sulfone groups is 1. The first-order valence-electron chi connectivity index (χ1n) is 7.81. The van der Waals surface area contributed by atoms with Crippen LogP contribution in [0.1, 0.15) is 15.9 Å². The van der Waals surface area contributed by atoms with Crippen LogP contribution in [-0.2, 0) is 9.84 Å². The summed E-state index contributed by atoms with van der Waals surface area (Å²) in [6.07, 6.45) is 1.08. The number of carbonyl (C=O) groups is 1. The molecule has 1 amide bonds. The highest BCUT2D eigenvalue weighted by molar-refractivity contribution is 7.91. The largest absolute Gasteiger partial charge is 0.319 e. The zero-order chi connectivity index (χ0) is 19.6. The first-order valence-corrected chi connectivity index (χ1v) is 9.30. The Morgan fingerprint density at radius 1 is 1.00 bits per heavy atom. The van der Waals surface area contributed by atoms with E-state index in [0.717, 1.165) is 23.9 Å². The van der Waals surface area contributed by atoms with Crippen LogP contribution in [0.25, 0.3) is 0 Å². The summed E-state index contributed by atoms with van der Waals surface area (Å²) < 4.78 is 51.6. The molecule has 1 N–H and O–H groups in total. The topological polar surface area (TPSA) is 76.1 Å². The van der Waals surface area contributed by atoms with Crippen LogP contribution in [0, 0.1) is 18.6 Å². The lowest BCUT2D eigenvalue weighted by Crippen LogP contribution is -2.14. The summed E-state index contributed by atoms with van der Waals surface area (Å²) in [5.41, 5.74) is 0.751. The molecule has 0 radical (unpaired) electrons. The van der Waals surface area contributed by atoms with Crippen molar-refractivity contribution in [2.24, 2.45) is 0 Å². The zero-order valence-corrected chi connectivity index (χ0v) is 14.9. The third-order valence-electron chi connectivity index (χ3n) is 3.78. The second kappa shape index (κ2) is 7.24. The number of aromatic nitrogens is 1. The van der Waals surface area contributed by atoms with E-state index < -0.39 is 27.4 Å². The Bertz CT molecular complexity index is 1100. The molecule has 1 heterocycles. The molecule has 0 fully saturated rings. The highest BCUT2D eigenvalue weighted by Crippen LogP contribution is 2.20. The van der Waals surface area contributed by atoms with Gasteiger partial charge in [-0.2, -0.15) is 0 Å². The van der Waals surface area contributed by atoms with Crippen LogP contribution in [0.3, 0.4) is 0 Å². The fourth-order valence-corrected chi connectivity index (χ4v) is 3.47. The minimum atomic E-state index is -3.81. The number of hydrogen-bond donors (Lipinski definition) is 1. The predicted molar refractivity (Wildman–Crippen MR) is 95.2 cm³/mol. The summed E-state index contributed by atoms with van der Waals surface area (Å²) in [6.45, 7) is 1.84. The molecular weight excluding hydrogens is 374 g/mol. The van der Waals surface area contributed by atoms with Gasteiger partial charge in [0.05, 0.1) is 16.1 Å². The van der Waals surface area contributed by atoms with Gasteiger partial charge in [0.25, 0.3) is 5.91 Å². The number of nitrogens with one attached hydrogen (secondary N) is 1. The molecule has 5 nitrogen and oxygen atoms in total. The number of hydrogen-bond acceptors (Lipinski definition) is 4. The Balaban J connectivity index is 1.82. The Labute approximate surface area is 154 Å². The number of amides is 1. The number of nitrogens with zero attached hydrogens (tertiary/aromatic N) is 1. The van der Waals surface area contributed by atoms with Crippen LogP contribution in [-0.4, -0.2) is 19.3 Å². The highest BCUT2D eigenvalue weighted by Gasteiger charge is 2.20. The number of carbonyl (C=O) groups excluding carboxylic acids is 1. The first kappa shape index (κ1) is 18.7. The van der Waals surface area contributed by atoms with Gasteiger partial charge in [0, 0.05) is 12.3 Å². The van der Waals surface area contributed by atoms with Crippen LogP contribution in [0.15, 0.2) is 70.7 Å². The van der Waals surface area contributed by atoms with Crippen LogP contribution < -0.4 is 5.32 Å². The van der Waals surface area contributed by atoms with Crippen LogP contribution >= 0.6 is 0 Å². The van der Waals surface area contributed by atoms with E-state index in [0.29, 0.717) is 6.07 Å². The number of anilines is 1. The van der Waals surface area contributed by atoms with Crippen LogP contribution in [0.2, 0.25) is 0 Å². The van der Waals surface area contributed by atoms with Gasteiger partial charge in [0.1, 0.15) is 11.6 Å². The average molecular weight is 388 g/mol. The van der Waals surface area contributed by atoms with Gasteiger partial charge in [-0.1, -0.05) is 17.7 Å². The molecule has 0 spiro atoms. The molecule has 1 aromatic heterocycles. The number of rotatable bonds is 4. The minimum Gasteiger partial charge on any atom is -0.319 e. The molecule has 0 atom stereocenters. The number of pyridine rings is 1. The standard InChI is InChI=1S/C19H14F2N2O3S/c1-12-2-6-15(7-3-12)27(25,26)18-9-4-13(11-22-18)19(24)23-17-8-5-14(20)10-16(17)21/h2-11H,1H3,(H,23,24). The van der Waals surface area contributed by atoms with Crippen molar-refractivity contribution in [3.63, 3.8) is 0 Å². The van der Waals surface area contributed by atoms with Gasteiger partial charge in [0.15, 0.2) is 5.03 Å². The molecule has 8 heteroatoms. The van der Waals surface area contributed by atoms with Gasteiger partial charge in [-0.3, -0.25) is 4.79 Å². The van der Waals surface area contributed by atoms with Crippen molar-refractivity contribution < 1.29 is 22.0 Å². The Morgan fingerprint density at radius 2 is 1.70 bits per heavy atom. The van der Waals surface area contributed by atoms with Gasteiger partial charge in [-0.25, -0.2) is 22.2 Å². The van der Waals surface area contributed by atoms with Crippen LogP contribution in [0.4, 0.5) is 14.5 Å². The number of benzene rings is 2. The number of aryl methyl sites for hydroxylation is 1. The van der Waals surface area contributed by atoms with E-state index >= 15 is 0 Å². The van der Waals surface area contributed by atoms with E-state index in [4.69, 9.17) is 0 Å². The van der Waals surface area contributed by atoms with Gasteiger partial charge in [-0.05, 0) is 43.3 Å². The molecule has 138 valence electrons. The molecule has 3 aromatic rings. The van der Waals surface area contributed by atoms with E-state index in [1.807, 2.05) is 6.92 Å². The van der Waals surface area contributed by atoms with Gasteiger partial charge in [-0.15, -0.1) is 0 Å². The van der Waals surface area contributed by atoms with E-state index in [1.54, 1.807) is 12.1 Å². The second-order valence-corrected chi connectivity index (χ2v) is 7.68. The summed E-state index contributed by atoms with van der Waals surface area (Å²) in [5.74, 6) is -2.39. The van der Waals surface area contributed by atoms with Crippen molar-refractivity contribution in [2.75, 3.05) is 5.32 Å². The van der Waals surface area contributed by atoms with E-state index in [1.165, 1.54) is 24.3 Å². The van der Waals surface area contributed by atoms with E-state index in [9.17, 15) is 22.0 Å². The van der Waals surface area contributed by atoms with E-state index in [-0.39, 0.29) is 21.2 Å². The van der Waals surface area contributed by atoms with Crippen molar-refractivity contribution in [1.82, 2.24) is 4.98 Å². The summed E-state index contributed by atoms with van der Waals surface area (Å²) in [5, 5.41) is 2.07. The lowest BCUT2D eigenvalue weighted by Gasteiger charge is -2.08. The Kier molecular flexibility index (Phi) is 5.00. The normalized spacial score (nSPS) is 11.2. The van der Waals surface area contributed by atoms with Crippen molar-refractivity contribution in [3.8, 4) is 0 Å². The minimum absolute atomic E-state index is 0.0292. The molecule has 27 heavy (non-hydrogen) atoms. The molecule has 0 unspecified atom stereocenters. The maximum atomic E-state index is 13.6. The van der Waals surface area contributed by atoms with Crippen molar-refractivity contribution in [1.29, 1.82) is 0 Å². The maximum Gasteiger partial charge on any atom is 0.257 e. The smallest absolute Gasteiger partial charge is 0.257 e. The fourth-order valence-electron chi connectivity index (χ4n) is 2.30. The molecule has 0 saturated heterocycles. The van der Waals surface area contributed by atoms with Gasteiger partial charge < -0.3 is 5.32 Å². The molecule has 0 bridgehead atoms. The molecule has 0 aliphatic rings. The predicted octanol–water partition coefficient (Wildman–Crippen LogP) is 3.75. The van der Waals surface area contributed by atoms with Crippen LogP contribution in [0.5, 0.6) is 0 Å². The summed E-state index contributed by atoms with van der Waals surface area (Å²) in [7, 11) is -3.81. The average Bonchev–Trinajstić information content (AvgIpc) is 2.64. The first-order chi connectivity index (χ1) is 12.8. The molecule has 3 rings (SSSR count). The Morgan fingerprint density at radius 3 is 2.30 bits per heavy atom. The van der Waals surface area contributed by atoms with Crippen molar-refractivity contribution in [2.45, 2.75) is 16.8 Å². The number of halogens is 2. The Hall–Kier alpha value is -3.13. The molecular formula is C19H14F2N2O3S. The molecule has 0 aliphatic heterocycles. The van der Waals surface area contributed by atoms with Gasteiger partial charge >= 0.3 is 0 Å². The molecule has 0 saturated carbocycles. The third-order valence-corrected chi connectivity index (χ3v) is 5.47. The van der Waals surface area contributed by atoms with Crippen molar-refractivity contribution >= 4 is 21.4 Å². The lowest BCUT2D eigenvalue weighted by atomic mass is 10.2. The van der Waals surface area contributed by atoms with Gasteiger partial charge in [0.2, 0.25) is 9.84 Å². The second-order valence-electron chi connectivity index (χ2n) is 5.78. The highest BCUT2D eigenvalue weighted by atomic mass is 32.2. The summed E-state index contributed by atoms with van der Waals surface area (Å²) in [6, 6.07) is 11.5. The SMILES string of the molecule is Cc1ccc(S(=O)(=O)c2ccc(C(=O)Nc3ccc(F)cc3F)cn2)cc1. The zero-order valence-electron chi connectivity index (χ0n) is 14.1. The summed E-state index contributed by atoms with van der Waals surface area (Å²) >= 11 is 0. The lowest BCUT2D eigenvalue weighted by molar-refractivity contribution is 0.102. The monoisotopic (exact) mass is 388 g/mol. The van der Waals surface area contributed by atoms with E-state index in [2.05, 4.69) is 10.3 Å².